The van der Waals surface area contributed by atoms with Gasteiger partial charge in [-0.2, -0.15) is 0 Å². The Balaban J connectivity index is 0.00000272. The lowest BCUT2D eigenvalue weighted by Gasteiger charge is -2.12. The van der Waals surface area contributed by atoms with Gasteiger partial charge in [0.1, 0.15) is 11.5 Å². The second-order valence-electron chi connectivity index (χ2n) is 7.18. The predicted octanol–water partition coefficient (Wildman–Crippen LogP) is 8.09. The molecule has 0 saturated carbocycles. The molecule has 5 nitrogen and oxygen atoms in total. The largest absolute Gasteiger partial charge is 0.462 e. The summed E-state index contributed by atoms with van der Waals surface area (Å²) in [6.45, 7) is 10.3. The van der Waals surface area contributed by atoms with Crippen molar-refractivity contribution in [1.29, 1.82) is 0 Å². The number of hydrogen-bond donors (Lipinski definition) is 1. The number of amides is 1. The van der Waals surface area contributed by atoms with E-state index in [1.807, 2.05) is 37.3 Å². The predicted molar refractivity (Wildman–Crippen MR) is 144 cm³/mol. The van der Waals surface area contributed by atoms with Crippen LogP contribution in [0.15, 0.2) is 59.1 Å². The third kappa shape index (κ3) is 8.41. The third-order valence-corrected chi connectivity index (χ3v) is 7.12. The minimum Gasteiger partial charge on any atom is -0.462 e. The van der Waals surface area contributed by atoms with Gasteiger partial charge in [-0.25, -0.2) is 4.98 Å². The summed E-state index contributed by atoms with van der Waals surface area (Å²) in [5.74, 6) is 2.55. The second-order valence-corrected chi connectivity index (χ2v) is 9.43. The Hall–Kier alpha value is -2.51. The summed E-state index contributed by atoms with van der Waals surface area (Å²) >= 11 is 3.18. The van der Waals surface area contributed by atoms with Crippen LogP contribution in [0, 0.1) is 0 Å². The molecule has 0 aliphatic rings. The molecule has 33 heavy (non-hydrogen) atoms. The maximum absolute atomic E-state index is 11.6. The summed E-state index contributed by atoms with van der Waals surface area (Å²) in [5.41, 5.74) is 2.95. The fourth-order valence-corrected chi connectivity index (χ4v) is 4.68. The van der Waals surface area contributed by atoms with E-state index in [-0.39, 0.29) is 27.6 Å². The number of thiazole rings is 1. The van der Waals surface area contributed by atoms with Crippen LogP contribution in [-0.4, -0.2) is 23.4 Å². The van der Waals surface area contributed by atoms with Crippen molar-refractivity contribution in [3.05, 3.63) is 60.4 Å². The summed E-state index contributed by atoms with van der Waals surface area (Å²) in [5, 5.41) is 2.86. The Kier molecular flexibility index (Phi) is 12.0. The van der Waals surface area contributed by atoms with Gasteiger partial charge in [0.2, 0.25) is 12.7 Å². The molecule has 0 radical (unpaired) electrons. The number of hydrogen-bond acceptors (Lipinski definition) is 6. The van der Waals surface area contributed by atoms with E-state index in [1.165, 1.54) is 5.56 Å². The highest BCUT2D eigenvalue weighted by atomic mass is 32.2. The third-order valence-electron chi connectivity index (χ3n) is 4.88. The molecule has 1 unspecified atom stereocenters. The number of carbonyl (C=O) groups is 1. The van der Waals surface area contributed by atoms with Crippen molar-refractivity contribution in [3.63, 3.8) is 0 Å². The molecule has 0 spiro atoms. The lowest BCUT2D eigenvalue weighted by atomic mass is 9.99. The van der Waals surface area contributed by atoms with Crippen molar-refractivity contribution >= 4 is 44.9 Å². The molecule has 0 aliphatic carbocycles. The van der Waals surface area contributed by atoms with Crippen LogP contribution in [0.5, 0.6) is 5.75 Å². The summed E-state index contributed by atoms with van der Waals surface area (Å²) < 4.78 is 13.3. The molecule has 180 valence electrons. The van der Waals surface area contributed by atoms with Crippen LogP contribution in [-0.2, 0) is 9.53 Å². The zero-order valence-electron chi connectivity index (χ0n) is 18.1. The molecule has 0 fully saturated rings. The standard InChI is InChI=1S/C24H28N2O3S2.2CH4/c1-5-16(3)18-7-10-20(11-8-18)29-15-28-17(4)14-30-24-26-21-13-19(25-23(27)6-2)9-12-22(21)31-24;;/h7-13,16H,4-6,14-15H2,1-3H3,(H,25,27);2*1H4. The van der Waals surface area contributed by atoms with E-state index >= 15 is 0 Å². The van der Waals surface area contributed by atoms with Gasteiger partial charge in [-0.1, -0.05) is 66.1 Å². The number of benzene rings is 2. The first-order chi connectivity index (χ1) is 15.0. The number of carbonyl (C=O) groups excluding carboxylic acids is 1. The van der Waals surface area contributed by atoms with Crippen LogP contribution in [0.1, 0.15) is 59.9 Å². The first kappa shape index (κ1) is 28.5. The Morgan fingerprint density at radius 2 is 1.91 bits per heavy atom. The highest BCUT2D eigenvalue weighted by molar-refractivity contribution is 8.01. The van der Waals surface area contributed by atoms with Crippen molar-refractivity contribution in [1.82, 2.24) is 4.98 Å². The molecule has 7 heteroatoms. The van der Waals surface area contributed by atoms with Gasteiger partial charge in [0.05, 0.1) is 16.0 Å². The summed E-state index contributed by atoms with van der Waals surface area (Å²) in [6.07, 6.45) is 1.57. The van der Waals surface area contributed by atoms with E-state index in [2.05, 4.69) is 42.9 Å². The van der Waals surface area contributed by atoms with E-state index in [0.29, 0.717) is 23.9 Å². The van der Waals surface area contributed by atoms with Crippen molar-refractivity contribution < 1.29 is 14.3 Å². The maximum Gasteiger partial charge on any atom is 0.230 e. The van der Waals surface area contributed by atoms with Crippen LogP contribution >= 0.6 is 23.1 Å². The van der Waals surface area contributed by atoms with Gasteiger partial charge in [0, 0.05) is 12.1 Å². The topological polar surface area (TPSA) is 60.5 Å². The van der Waals surface area contributed by atoms with Gasteiger partial charge in [-0.3, -0.25) is 4.79 Å². The number of rotatable bonds is 11. The van der Waals surface area contributed by atoms with E-state index < -0.39 is 0 Å². The Bertz CT molecular complexity index is 1030. The van der Waals surface area contributed by atoms with Gasteiger partial charge in [0.25, 0.3) is 0 Å². The first-order valence-electron chi connectivity index (χ1n) is 10.3. The smallest absolute Gasteiger partial charge is 0.230 e. The van der Waals surface area contributed by atoms with Crippen molar-refractivity contribution in [3.8, 4) is 5.75 Å². The SMILES string of the molecule is C.C.C=C(CSc1nc2cc(NC(=O)CC)ccc2s1)OCOc1ccc(C(C)CC)cc1. The number of nitrogens with one attached hydrogen (secondary N) is 1. The molecule has 1 N–H and O–H groups in total. The number of fused-ring (bicyclic) bond motifs is 1. The number of anilines is 1. The minimum atomic E-state index is -0.00805. The average molecular weight is 489 g/mol. The molecule has 1 atom stereocenters. The maximum atomic E-state index is 11.6. The quantitative estimate of drug-likeness (QED) is 0.168. The highest BCUT2D eigenvalue weighted by Gasteiger charge is 2.08. The monoisotopic (exact) mass is 488 g/mol. The van der Waals surface area contributed by atoms with E-state index in [9.17, 15) is 4.79 Å². The van der Waals surface area contributed by atoms with Gasteiger partial charge < -0.3 is 14.8 Å². The van der Waals surface area contributed by atoms with Crippen molar-refractivity contribution in [2.75, 3.05) is 17.9 Å². The van der Waals surface area contributed by atoms with E-state index in [1.54, 1.807) is 23.1 Å². The van der Waals surface area contributed by atoms with Crippen LogP contribution in [0.4, 0.5) is 5.69 Å². The molecule has 1 heterocycles. The van der Waals surface area contributed by atoms with Crippen molar-refractivity contribution in [2.45, 2.75) is 58.7 Å². The number of nitrogens with zero attached hydrogens (tertiary/aromatic N) is 1. The summed E-state index contributed by atoms with van der Waals surface area (Å²) in [7, 11) is 0. The normalized spacial score (nSPS) is 11.1. The van der Waals surface area contributed by atoms with Gasteiger partial charge in [-0.05, 0) is 48.2 Å². The molecule has 2 aromatic carbocycles. The van der Waals surface area contributed by atoms with Gasteiger partial charge in [0.15, 0.2) is 4.34 Å². The lowest BCUT2D eigenvalue weighted by molar-refractivity contribution is -0.115. The Morgan fingerprint density at radius 3 is 2.58 bits per heavy atom. The highest BCUT2D eigenvalue weighted by Crippen LogP contribution is 2.32. The molecular weight excluding hydrogens is 452 g/mol. The fourth-order valence-electron chi connectivity index (χ4n) is 2.79. The summed E-state index contributed by atoms with van der Waals surface area (Å²) in [4.78, 5) is 16.2. The van der Waals surface area contributed by atoms with Crippen LogP contribution in [0.3, 0.4) is 0 Å². The Labute approximate surface area is 206 Å². The van der Waals surface area contributed by atoms with E-state index in [0.717, 1.165) is 32.4 Å². The van der Waals surface area contributed by atoms with Crippen LogP contribution in [0.2, 0.25) is 0 Å². The number of ether oxygens (including phenoxy) is 2. The second kappa shape index (κ2) is 13.9. The summed E-state index contributed by atoms with van der Waals surface area (Å²) in [6, 6.07) is 13.9. The first-order valence-corrected chi connectivity index (χ1v) is 12.1. The number of thioether (sulfide) groups is 1. The molecule has 0 saturated heterocycles. The average Bonchev–Trinajstić information content (AvgIpc) is 3.19. The molecule has 1 aromatic heterocycles. The molecule has 3 aromatic rings. The molecule has 1 amide bonds. The van der Waals surface area contributed by atoms with Crippen molar-refractivity contribution in [2.24, 2.45) is 0 Å². The minimum absolute atomic E-state index is 0. The lowest BCUT2D eigenvalue weighted by Crippen LogP contribution is -2.08. The molecule has 3 rings (SSSR count). The van der Waals surface area contributed by atoms with Gasteiger partial charge >= 0.3 is 0 Å². The zero-order chi connectivity index (χ0) is 22.2. The molecule has 0 aliphatic heterocycles. The zero-order valence-corrected chi connectivity index (χ0v) is 19.8. The fraction of sp³-hybridized carbons (Fsp3) is 0.385. The molecule has 0 bridgehead atoms. The molecular formula is C26H36N2O3S2. The Morgan fingerprint density at radius 1 is 1.18 bits per heavy atom. The van der Waals surface area contributed by atoms with Gasteiger partial charge in [-0.15, -0.1) is 11.3 Å². The van der Waals surface area contributed by atoms with Crippen LogP contribution < -0.4 is 10.1 Å². The number of aromatic nitrogens is 1. The van der Waals surface area contributed by atoms with E-state index in [4.69, 9.17) is 9.47 Å². The van der Waals surface area contributed by atoms with Crippen LogP contribution in [0.25, 0.3) is 10.2 Å².